The molecule has 2 amide bonds. The van der Waals surface area contributed by atoms with Crippen LogP contribution in [0.4, 0.5) is 0 Å². The SMILES string of the molecule is [2H]C1CC(=O)N([2H])C(=O)C1([2H])C(C)(C)C. The van der Waals surface area contributed by atoms with E-state index in [1.54, 1.807) is 20.8 Å². The Morgan fingerprint density at radius 1 is 1.67 bits per heavy atom. The molecular formula is C9H15NO2. The van der Waals surface area contributed by atoms with Crippen LogP contribution in [0.25, 0.3) is 0 Å². The molecule has 1 aliphatic heterocycles. The molecule has 0 saturated carbocycles. The third kappa shape index (κ3) is 1.84. The zero-order valence-corrected chi connectivity index (χ0v) is 7.55. The first-order valence-corrected chi connectivity index (χ1v) is 3.91. The molecule has 3 heteroatoms. The summed E-state index contributed by atoms with van der Waals surface area (Å²) in [6.45, 7) is 5.01. The second-order valence-corrected chi connectivity index (χ2v) is 3.88. The van der Waals surface area contributed by atoms with Gasteiger partial charge in [-0.25, -0.2) is 0 Å². The van der Waals surface area contributed by atoms with Crippen LogP contribution in [0, 0.1) is 11.3 Å². The van der Waals surface area contributed by atoms with Gasteiger partial charge in [0.2, 0.25) is 11.8 Å². The Morgan fingerprint density at radius 2 is 2.25 bits per heavy atom. The summed E-state index contributed by atoms with van der Waals surface area (Å²) in [5.41, 5.74) is -0.767. The lowest BCUT2D eigenvalue weighted by atomic mass is 9.76. The van der Waals surface area contributed by atoms with Crippen molar-refractivity contribution in [1.82, 2.24) is 5.31 Å². The first-order valence-electron chi connectivity index (χ1n) is 5.43. The van der Waals surface area contributed by atoms with Crippen LogP contribution < -0.4 is 5.31 Å². The average molecular weight is 172 g/mol. The lowest BCUT2D eigenvalue weighted by molar-refractivity contribution is -0.139. The Kier molecular flexibility index (Phi) is 1.38. The van der Waals surface area contributed by atoms with Crippen LogP contribution in [0.1, 0.15) is 36.3 Å². The van der Waals surface area contributed by atoms with Crippen LogP contribution in [0.15, 0.2) is 0 Å². The molecule has 0 aromatic carbocycles. The molecular weight excluding hydrogens is 154 g/mol. The Balaban J connectivity index is 3.18. The van der Waals surface area contributed by atoms with E-state index in [0.717, 1.165) is 0 Å². The number of hydrogen-bond donors (Lipinski definition) is 1. The molecule has 0 aliphatic carbocycles. The molecule has 3 nitrogen and oxygen atoms in total. The Bertz CT molecular complexity index is 313. The van der Waals surface area contributed by atoms with Crippen LogP contribution >= 0.6 is 0 Å². The maximum absolute atomic E-state index is 11.7. The minimum absolute atomic E-state index is 0.225. The summed E-state index contributed by atoms with van der Waals surface area (Å²) in [7, 11) is 0. The van der Waals surface area contributed by atoms with Gasteiger partial charge in [-0.3, -0.25) is 14.9 Å². The normalized spacial score (nSPS) is 42.1. The van der Waals surface area contributed by atoms with E-state index in [1.165, 1.54) is 0 Å². The molecule has 1 heterocycles. The van der Waals surface area contributed by atoms with Crippen LogP contribution in [0.5, 0.6) is 0 Å². The summed E-state index contributed by atoms with van der Waals surface area (Å²) in [6.07, 6.45) is -1.34. The molecule has 1 rings (SSSR count). The fourth-order valence-electron chi connectivity index (χ4n) is 1.12. The van der Waals surface area contributed by atoms with Gasteiger partial charge in [0, 0.05) is 15.1 Å². The van der Waals surface area contributed by atoms with Crippen LogP contribution in [-0.4, -0.2) is 11.8 Å². The Hall–Kier alpha value is -0.860. The van der Waals surface area contributed by atoms with E-state index >= 15 is 0 Å². The average Bonchev–Trinajstić information content (AvgIpc) is 2.09. The molecule has 1 fully saturated rings. The zero-order chi connectivity index (χ0) is 12.0. The van der Waals surface area contributed by atoms with Gasteiger partial charge >= 0.3 is 0 Å². The van der Waals surface area contributed by atoms with Gasteiger partial charge in [0.1, 0.15) is 0 Å². The molecule has 2 unspecified atom stereocenters. The molecule has 1 saturated heterocycles. The number of piperidine rings is 1. The van der Waals surface area contributed by atoms with Gasteiger partial charge in [0.05, 0.1) is 0 Å². The largest absolute Gasteiger partial charge is 0.296 e. The van der Waals surface area contributed by atoms with Crippen molar-refractivity contribution in [2.75, 3.05) is 0 Å². The monoisotopic (exact) mass is 172 g/mol. The van der Waals surface area contributed by atoms with E-state index in [2.05, 4.69) is 0 Å². The molecule has 0 spiro atoms. The van der Waals surface area contributed by atoms with Crippen molar-refractivity contribution in [2.45, 2.75) is 33.6 Å². The number of carbonyl (C=O) groups is 2. The minimum Gasteiger partial charge on any atom is -0.296 e. The van der Waals surface area contributed by atoms with Crippen molar-refractivity contribution < 1.29 is 13.7 Å². The maximum Gasteiger partial charge on any atom is 0.230 e. The third-order valence-electron chi connectivity index (χ3n) is 1.75. The summed E-state index contributed by atoms with van der Waals surface area (Å²) in [6, 6.07) is 0. The van der Waals surface area contributed by atoms with Crippen molar-refractivity contribution >= 4 is 11.8 Å². The number of carbonyl (C=O) groups excluding carboxylic acids is 2. The topological polar surface area (TPSA) is 46.2 Å². The summed E-state index contributed by atoms with van der Waals surface area (Å²) < 4.78 is 23.0. The van der Waals surface area contributed by atoms with Gasteiger partial charge in [-0.2, -0.15) is 0 Å². The Labute approximate surface area is 76.8 Å². The number of nitrogens with one attached hydrogen (secondary N) is 1. The van der Waals surface area contributed by atoms with Gasteiger partial charge in [-0.15, -0.1) is 0 Å². The molecule has 1 N–H and O–H groups in total. The molecule has 2 atom stereocenters. The quantitative estimate of drug-likeness (QED) is 0.556. The molecule has 0 radical (unpaired) electrons. The molecule has 68 valence electrons. The summed E-state index contributed by atoms with van der Waals surface area (Å²) in [4.78, 5) is 22.9. The van der Waals surface area contributed by atoms with E-state index in [1.807, 2.05) is 0 Å². The van der Waals surface area contributed by atoms with E-state index in [4.69, 9.17) is 4.15 Å². The maximum atomic E-state index is 11.7. The predicted octanol–water partition coefficient (Wildman–Crippen LogP) is 1.09. The van der Waals surface area contributed by atoms with Crippen molar-refractivity contribution in [3.63, 3.8) is 0 Å². The fraction of sp³-hybridized carbons (Fsp3) is 0.778. The minimum atomic E-state index is -1.72. The molecule has 0 aromatic rings. The van der Waals surface area contributed by atoms with Crippen LogP contribution in [0.3, 0.4) is 0 Å². The second-order valence-electron chi connectivity index (χ2n) is 3.88. The third-order valence-corrected chi connectivity index (χ3v) is 1.75. The Morgan fingerprint density at radius 3 is 2.75 bits per heavy atom. The van der Waals surface area contributed by atoms with Crippen molar-refractivity contribution in [3.05, 3.63) is 0 Å². The van der Waals surface area contributed by atoms with Crippen LogP contribution in [0.2, 0.25) is 1.41 Å². The smallest absolute Gasteiger partial charge is 0.230 e. The van der Waals surface area contributed by atoms with E-state index in [9.17, 15) is 9.59 Å². The van der Waals surface area contributed by atoms with Crippen molar-refractivity contribution in [1.29, 1.82) is 0 Å². The van der Waals surface area contributed by atoms with Gasteiger partial charge in [-0.05, 0) is 11.8 Å². The van der Waals surface area contributed by atoms with E-state index in [0.29, 0.717) is 0 Å². The van der Waals surface area contributed by atoms with Crippen molar-refractivity contribution in [2.24, 2.45) is 11.3 Å². The second kappa shape index (κ2) is 2.88. The lowest BCUT2D eigenvalue weighted by Crippen LogP contribution is -2.45. The molecule has 0 bridgehead atoms. The van der Waals surface area contributed by atoms with Crippen molar-refractivity contribution in [3.8, 4) is 0 Å². The first kappa shape index (κ1) is 5.73. The van der Waals surface area contributed by atoms with E-state index < -0.39 is 29.5 Å². The van der Waals surface area contributed by atoms with E-state index in [-0.39, 0.29) is 11.7 Å². The molecule has 0 aromatic heterocycles. The van der Waals surface area contributed by atoms with Gasteiger partial charge in [-0.1, -0.05) is 20.8 Å². The zero-order valence-electron chi connectivity index (χ0n) is 10.5. The number of amides is 2. The number of imide groups is 1. The highest BCUT2D eigenvalue weighted by Crippen LogP contribution is 2.31. The molecule has 1 aliphatic rings. The summed E-state index contributed by atoms with van der Waals surface area (Å²) >= 11 is 0. The highest BCUT2D eigenvalue weighted by atomic mass is 16.2. The van der Waals surface area contributed by atoms with Gasteiger partial charge in [0.15, 0.2) is 1.41 Å². The van der Waals surface area contributed by atoms with Gasteiger partial charge in [0.25, 0.3) is 0 Å². The summed E-state index contributed by atoms with van der Waals surface area (Å²) in [5.74, 6) is -3.32. The number of hydrogen-bond acceptors (Lipinski definition) is 2. The van der Waals surface area contributed by atoms with Crippen LogP contribution in [-0.2, 0) is 9.59 Å². The highest BCUT2D eigenvalue weighted by molar-refractivity contribution is 5.98. The summed E-state index contributed by atoms with van der Waals surface area (Å²) in [5, 5.41) is 0.225. The number of rotatable bonds is 0. The standard InChI is InChI=1S/C9H15NO2/c1-9(2,3)6-4-5-7(11)10-8(6)12/h6H,4-5H2,1-3H3,(H,10,11,12)/i4D,6D/hD. The predicted molar refractivity (Wildman–Crippen MR) is 45.3 cm³/mol. The first-order chi connectivity index (χ1) is 6.62. The fourth-order valence-corrected chi connectivity index (χ4v) is 1.12. The molecule has 12 heavy (non-hydrogen) atoms. The van der Waals surface area contributed by atoms with Gasteiger partial charge < -0.3 is 0 Å². The highest BCUT2D eigenvalue weighted by Gasteiger charge is 2.35. The lowest BCUT2D eigenvalue weighted by Gasteiger charge is -2.31.